The number of carbonyl (C=O) groups is 2. The van der Waals surface area contributed by atoms with Crippen LogP contribution < -0.4 is 0 Å². The topological polar surface area (TPSA) is 63.6 Å². The number of nitrogens with zero attached hydrogens (tertiary/aromatic N) is 1. The molecule has 0 aromatic rings. The van der Waals surface area contributed by atoms with Crippen LogP contribution >= 0.6 is 0 Å². The summed E-state index contributed by atoms with van der Waals surface area (Å²) >= 11 is 0. The van der Waals surface area contributed by atoms with E-state index >= 15 is 0 Å². The van der Waals surface area contributed by atoms with Gasteiger partial charge in [-0.2, -0.15) is 0 Å². The average molecular weight is 343 g/mol. The minimum atomic E-state index is -0.938. The summed E-state index contributed by atoms with van der Waals surface area (Å²) in [4.78, 5) is 22.8. The molecule has 0 saturated carbocycles. The van der Waals surface area contributed by atoms with Crippen LogP contribution in [0.5, 0.6) is 0 Å². The van der Waals surface area contributed by atoms with Crippen LogP contribution in [0.4, 0.5) is 0 Å². The molecule has 0 fully saturated rings. The summed E-state index contributed by atoms with van der Waals surface area (Å²) in [5.74, 6) is -1.24. The monoisotopic (exact) mass is 342 g/mol. The second-order valence-electron chi connectivity index (χ2n) is 7.40. The van der Waals surface area contributed by atoms with Gasteiger partial charge in [0.25, 0.3) is 0 Å². The van der Waals surface area contributed by atoms with Crippen molar-refractivity contribution in [1.29, 1.82) is 0 Å². The number of hydrogen-bond acceptors (Lipinski definition) is 3. The van der Waals surface area contributed by atoms with Gasteiger partial charge in [0, 0.05) is 6.42 Å². The molecule has 1 atom stereocenters. The fraction of sp³-hybridized carbons (Fsp3) is 0.789. The van der Waals surface area contributed by atoms with Gasteiger partial charge in [0.2, 0.25) is 0 Å². The number of unbranched alkanes of at least 4 members (excludes halogenated alkanes) is 5. The van der Waals surface area contributed by atoms with E-state index in [0.29, 0.717) is 17.4 Å². The SMILES string of the molecule is CCCCCC/C=C\CCCC(=O)O[C@H](CC(=O)O)C[N+](C)(C)C. The van der Waals surface area contributed by atoms with Crippen molar-refractivity contribution in [2.45, 2.75) is 70.8 Å². The first-order valence-electron chi connectivity index (χ1n) is 9.11. The summed E-state index contributed by atoms with van der Waals surface area (Å²) in [5, 5.41) is 8.94. The second-order valence-corrected chi connectivity index (χ2v) is 7.40. The molecule has 0 amide bonds. The zero-order chi connectivity index (χ0) is 18.4. The van der Waals surface area contributed by atoms with Gasteiger partial charge in [0.05, 0.1) is 27.6 Å². The molecule has 0 rings (SSSR count). The summed E-state index contributed by atoms with van der Waals surface area (Å²) in [6.45, 7) is 2.70. The third-order valence-electron chi connectivity index (χ3n) is 3.59. The van der Waals surface area contributed by atoms with Gasteiger partial charge in [-0.25, -0.2) is 0 Å². The van der Waals surface area contributed by atoms with Gasteiger partial charge in [0.1, 0.15) is 6.54 Å². The van der Waals surface area contributed by atoms with Crippen molar-refractivity contribution in [3.05, 3.63) is 12.2 Å². The Hall–Kier alpha value is -1.36. The van der Waals surface area contributed by atoms with Crippen molar-refractivity contribution >= 4 is 11.9 Å². The van der Waals surface area contributed by atoms with Crippen molar-refractivity contribution in [2.24, 2.45) is 0 Å². The van der Waals surface area contributed by atoms with E-state index in [1.807, 2.05) is 21.1 Å². The molecule has 0 unspecified atom stereocenters. The Morgan fingerprint density at radius 1 is 1.04 bits per heavy atom. The highest BCUT2D eigenvalue weighted by molar-refractivity contribution is 5.71. The lowest BCUT2D eigenvalue weighted by molar-refractivity contribution is -0.873. The quantitative estimate of drug-likeness (QED) is 0.226. The number of esters is 1. The molecule has 0 aliphatic carbocycles. The normalized spacial score (nSPS) is 13.2. The van der Waals surface area contributed by atoms with Gasteiger partial charge in [-0.05, 0) is 25.7 Å². The Labute approximate surface area is 147 Å². The van der Waals surface area contributed by atoms with Crippen LogP contribution in [0.25, 0.3) is 0 Å². The van der Waals surface area contributed by atoms with Crippen LogP contribution in [-0.4, -0.2) is 55.3 Å². The predicted octanol–water partition coefficient (Wildman–Crippen LogP) is 3.78. The van der Waals surface area contributed by atoms with E-state index in [2.05, 4.69) is 19.1 Å². The largest absolute Gasteiger partial charge is 0.481 e. The standard InChI is InChI=1S/C19H35NO4/c1-5-6-7-8-9-10-11-12-13-14-19(23)24-17(15-18(21)22)16-20(2,3)4/h10-11,17H,5-9,12-16H2,1-4H3/p+1/b11-10-/t17-/m1/s1. The van der Waals surface area contributed by atoms with Gasteiger partial charge in [0.15, 0.2) is 6.10 Å². The van der Waals surface area contributed by atoms with Crippen molar-refractivity contribution in [3.63, 3.8) is 0 Å². The number of aliphatic carboxylic acids is 1. The van der Waals surface area contributed by atoms with Gasteiger partial charge in [-0.15, -0.1) is 0 Å². The predicted molar refractivity (Wildman–Crippen MR) is 96.8 cm³/mol. The van der Waals surface area contributed by atoms with Crippen molar-refractivity contribution in [2.75, 3.05) is 27.7 Å². The molecule has 0 aliphatic rings. The molecule has 0 aromatic carbocycles. The Morgan fingerprint density at radius 2 is 1.67 bits per heavy atom. The smallest absolute Gasteiger partial charge is 0.307 e. The maximum absolute atomic E-state index is 11.9. The summed E-state index contributed by atoms with van der Waals surface area (Å²) in [5.41, 5.74) is 0. The highest BCUT2D eigenvalue weighted by Crippen LogP contribution is 2.09. The number of carboxylic acids is 1. The first-order chi connectivity index (χ1) is 11.2. The molecule has 0 aliphatic heterocycles. The molecule has 24 heavy (non-hydrogen) atoms. The number of hydrogen-bond donors (Lipinski definition) is 1. The number of likely N-dealkylation sites (N-methyl/N-ethyl adjacent to an activating group) is 1. The zero-order valence-corrected chi connectivity index (χ0v) is 15.9. The molecule has 5 nitrogen and oxygen atoms in total. The second kappa shape index (κ2) is 13.0. The molecule has 0 saturated heterocycles. The number of rotatable bonds is 14. The first kappa shape index (κ1) is 22.6. The van der Waals surface area contributed by atoms with Gasteiger partial charge in [-0.3, -0.25) is 9.59 Å². The Bertz CT molecular complexity index is 385. The van der Waals surface area contributed by atoms with E-state index in [-0.39, 0.29) is 12.4 Å². The van der Waals surface area contributed by atoms with E-state index in [1.165, 1.54) is 25.7 Å². The van der Waals surface area contributed by atoms with Crippen LogP contribution in [0.3, 0.4) is 0 Å². The average Bonchev–Trinajstić information content (AvgIpc) is 2.42. The van der Waals surface area contributed by atoms with Crippen LogP contribution in [0.1, 0.15) is 64.7 Å². The number of quaternary nitrogens is 1. The number of carboxylic acid groups (broad SMARTS) is 1. The summed E-state index contributed by atoms with van der Waals surface area (Å²) < 4.78 is 5.91. The fourth-order valence-corrected chi connectivity index (χ4v) is 2.48. The molecule has 140 valence electrons. The Kier molecular flexibility index (Phi) is 12.3. The lowest BCUT2D eigenvalue weighted by Crippen LogP contribution is -2.43. The minimum Gasteiger partial charge on any atom is -0.481 e. The van der Waals surface area contributed by atoms with Crippen LogP contribution in [0.15, 0.2) is 12.2 Å². The highest BCUT2D eigenvalue weighted by atomic mass is 16.5. The Morgan fingerprint density at radius 3 is 2.21 bits per heavy atom. The fourth-order valence-electron chi connectivity index (χ4n) is 2.48. The number of carbonyl (C=O) groups excluding carboxylic acids is 1. The molecule has 0 radical (unpaired) electrons. The van der Waals surface area contributed by atoms with Crippen molar-refractivity contribution < 1.29 is 23.9 Å². The molecular weight excluding hydrogens is 306 g/mol. The first-order valence-corrected chi connectivity index (χ1v) is 9.11. The molecule has 0 aromatic heterocycles. The lowest BCUT2D eigenvalue weighted by Gasteiger charge is -2.28. The molecule has 5 heteroatoms. The third kappa shape index (κ3) is 15.5. The number of ether oxygens (including phenoxy) is 1. The lowest BCUT2D eigenvalue weighted by atomic mass is 10.1. The molecule has 0 bridgehead atoms. The van der Waals surface area contributed by atoms with Crippen LogP contribution in [0, 0.1) is 0 Å². The van der Waals surface area contributed by atoms with Crippen LogP contribution in [0.2, 0.25) is 0 Å². The van der Waals surface area contributed by atoms with Crippen molar-refractivity contribution in [1.82, 2.24) is 0 Å². The molecule has 0 heterocycles. The van der Waals surface area contributed by atoms with E-state index in [4.69, 9.17) is 9.84 Å². The maximum Gasteiger partial charge on any atom is 0.307 e. The Balaban J connectivity index is 3.95. The highest BCUT2D eigenvalue weighted by Gasteiger charge is 2.24. The zero-order valence-electron chi connectivity index (χ0n) is 15.9. The van der Waals surface area contributed by atoms with Crippen LogP contribution in [-0.2, 0) is 14.3 Å². The van der Waals surface area contributed by atoms with E-state index < -0.39 is 12.1 Å². The molecular formula is C19H36NO4+. The van der Waals surface area contributed by atoms with Gasteiger partial charge in [-0.1, -0.05) is 38.3 Å². The minimum absolute atomic E-state index is 0.140. The van der Waals surface area contributed by atoms with E-state index in [9.17, 15) is 9.59 Å². The van der Waals surface area contributed by atoms with E-state index in [0.717, 1.165) is 19.3 Å². The maximum atomic E-state index is 11.9. The summed E-state index contributed by atoms with van der Waals surface area (Å²) in [6, 6.07) is 0. The third-order valence-corrected chi connectivity index (χ3v) is 3.59. The van der Waals surface area contributed by atoms with Gasteiger partial charge >= 0.3 is 11.9 Å². The molecule has 0 spiro atoms. The number of allylic oxidation sites excluding steroid dienone is 2. The molecule has 1 N–H and O–H groups in total. The van der Waals surface area contributed by atoms with E-state index in [1.54, 1.807) is 0 Å². The van der Waals surface area contributed by atoms with Gasteiger partial charge < -0.3 is 14.3 Å². The summed E-state index contributed by atoms with van der Waals surface area (Å²) in [6.07, 6.45) is 11.7. The summed E-state index contributed by atoms with van der Waals surface area (Å²) in [7, 11) is 5.86. The van der Waals surface area contributed by atoms with Crippen molar-refractivity contribution in [3.8, 4) is 0 Å².